The van der Waals surface area contributed by atoms with E-state index in [4.69, 9.17) is 28.9 Å². The van der Waals surface area contributed by atoms with Gasteiger partial charge in [-0.2, -0.15) is 0 Å². The average Bonchev–Trinajstić information content (AvgIpc) is 2.82. The summed E-state index contributed by atoms with van der Waals surface area (Å²) in [4.78, 5) is 39.3. The molecule has 34 heavy (non-hydrogen) atoms. The van der Waals surface area contributed by atoms with Gasteiger partial charge < -0.3 is 16.2 Å². The fourth-order valence-corrected chi connectivity index (χ4v) is 6.41. The summed E-state index contributed by atoms with van der Waals surface area (Å²) in [6, 6.07) is 7.93. The molecule has 0 unspecified atom stereocenters. The number of nitrogens with zero attached hydrogens (tertiary/aromatic N) is 2. The highest BCUT2D eigenvalue weighted by atomic mass is 35.5. The normalized spacial score (nSPS) is 19.5. The summed E-state index contributed by atoms with van der Waals surface area (Å²) >= 11 is 14.7. The zero-order valence-corrected chi connectivity index (χ0v) is 20.9. The largest absolute Gasteiger partial charge is 0.477 e. The molecule has 178 valence electrons. The number of carbonyl (C=O) groups excluding carboxylic acids is 2. The lowest BCUT2D eigenvalue weighted by molar-refractivity contribution is -0.689. The smallest absolute Gasteiger partial charge is 0.352 e. The van der Waals surface area contributed by atoms with Gasteiger partial charge in [0.2, 0.25) is 5.91 Å². The van der Waals surface area contributed by atoms with Crippen LogP contribution in [0.25, 0.3) is 0 Å². The molecule has 8 nitrogen and oxygen atoms in total. The van der Waals surface area contributed by atoms with Crippen LogP contribution in [0.1, 0.15) is 5.56 Å². The number of β-lactam (4-membered cyclic amide) rings is 1. The summed E-state index contributed by atoms with van der Waals surface area (Å²) in [5.41, 5.74) is 7.21. The second-order valence-electron chi connectivity index (χ2n) is 7.66. The van der Waals surface area contributed by atoms with Crippen molar-refractivity contribution >= 4 is 64.5 Å². The summed E-state index contributed by atoms with van der Waals surface area (Å²) in [5, 5.41) is 13.1. The first-order valence-corrected chi connectivity index (χ1v) is 13.0. The summed E-state index contributed by atoms with van der Waals surface area (Å²) in [6.07, 6.45) is 3.68. The minimum absolute atomic E-state index is 0.0232. The third-order valence-electron chi connectivity index (χ3n) is 5.35. The molecule has 4 N–H and O–H groups in total. The van der Waals surface area contributed by atoms with Crippen molar-refractivity contribution in [3.8, 4) is 0 Å². The number of fused-ring (bicyclic) bond motifs is 1. The van der Waals surface area contributed by atoms with Crippen LogP contribution in [0.15, 0.2) is 58.9 Å². The van der Waals surface area contributed by atoms with Crippen molar-refractivity contribution in [2.75, 3.05) is 11.5 Å². The minimum atomic E-state index is -1.17. The Balaban J connectivity index is 1.43. The maximum atomic E-state index is 12.8. The standard InChI is InChI=1S/C22H20Cl2N4O4S2/c23-14-3-4-15(24)16(6-14)33-11-17(29)26-18-20(30)28-19(22(31)32)13(10-34-21(18)28)9-27-5-1-2-12(7-25)8-27/h1-6,8,18,21H,7,9-11,25H2,(H-,26,29,31,32)/p+1/t18-,21+/m0/s1. The molecular formula is C22H21Cl2N4O4S2+. The number of amides is 2. The topological polar surface area (TPSA) is 117 Å². The second kappa shape index (κ2) is 10.6. The van der Waals surface area contributed by atoms with Gasteiger partial charge in [-0.3, -0.25) is 14.5 Å². The van der Waals surface area contributed by atoms with Gasteiger partial charge in [-0.1, -0.05) is 23.2 Å². The molecule has 1 saturated heterocycles. The predicted octanol–water partition coefficient (Wildman–Crippen LogP) is 2.27. The number of nitrogens with one attached hydrogen (secondary N) is 1. The van der Waals surface area contributed by atoms with Crippen molar-refractivity contribution in [1.29, 1.82) is 0 Å². The van der Waals surface area contributed by atoms with E-state index >= 15 is 0 Å². The Morgan fingerprint density at radius 1 is 1.32 bits per heavy atom. The lowest BCUT2D eigenvalue weighted by Crippen LogP contribution is -2.71. The van der Waals surface area contributed by atoms with Crippen LogP contribution in [0.3, 0.4) is 0 Å². The number of carboxylic acid groups (broad SMARTS) is 1. The molecular weight excluding hydrogens is 519 g/mol. The van der Waals surface area contributed by atoms with Crippen LogP contribution in [-0.4, -0.2) is 50.7 Å². The van der Waals surface area contributed by atoms with Gasteiger partial charge in [0.1, 0.15) is 17.1 Å². The number of carbonyl (C=O) groups is 3. The quantitative estimate of drug-likeness (QED) is 0.267. The van der Waals surface area contributed by atoms with Gasteiger partial charge in [0.25, 0.3) is 5.91 Å². The zero-order valence-electron chi connectivity index (χ0n) is 17.7. The average molecular weight is 540 g/mol. The molecule has 1 aromatic heterocycles. The van der Waals surface area contributed by atoms with E-state index in [1.54, 1.807) is 18.2 Å². The fraction of sp³-hybridized carbons (Fsp3) is 0.273. The Kier molecular flexibility index (Phi) is 7.73. The van der Waals surface area contributed by atoms with E-state index in [9.17, 15) is 19.5 Å². The SMILES string of the molecule is NCc1ccc[n+](CC2=C(C(=O)O)N3C(=O)[C@H](NC(=O)CSc4cc(Cl)ccc4Cl)[C@H]3SC2)c1. The van der Waals surface area contributed by atoms with Crippen LogP contribution >= 0.6 is 46.7 Å². The highest BCUT2D eigenvalue weighted by Crippen LogP contribution is 2.40. The van der Waals surface area contributed by atoms with Crippen molar-refractivity contribution in [2.24, 2.45) is 5.73 Å². The van der Waals surface area contributed by atoms with Crippen molar-refractivity contribution in [3.05, 3.63) is 69.6 Å². The Labute approximate surface area is 214 Å². The maximum Gasteiger partial charge on any atom is 0.352 e. The number of benzene rings is 1. The van der Waals surface area contributed by atoms with E-state index in [1.807, 2.05) is 29.1 Å². The number of hydrogen-bond acceptors (Lipinski definition) is 6. The Bertz CT molecular complexity index is 1190. The molecule has 2 amide bonds. The van der Waals surface area contributed by atoms with Crippen molar-refractivity contribution in [1.82, 2.24) is 10.2 Å². The van der Waals surface area contributed by atoms with Gasteiger partial charge in [-0.05, 0) is 24.3 Å². The number of aromatic nitrogens is 1. The molecule has 0 radical (unpaired) electrons. The first-order valence-electron chi connectivity index (χ1n) is 10.2. The van der Waals surface area contributed by atoms with E-state index in [1.165, 1.54) is 28.4 Å². The number of pyridine rings is 1. The maximum absolute atomic E-state index is 12.8. The first-order chi connectivity index (χ1) is 16.3. The molecule has 3 heterocycles. The molecule has 2 aliphatic rings. The van der Waals surface area contributed by atoms with Crippen LogP contribution in [-0.2, 0) is 27.5 Å². The summed E-state index contributed by atoms with van der Waals surface area (Å²) < 4.78 is 1.85. The highest BCUT2D eigenvalue weighted by Gasteiger charge is 2.54. The van der Waals surface area contributed by atoms with E-state index in [-0.39, 0.29) is 17.4 Å². The Hall–Kier alpha value is -2.24. The zero-order chi connectivity index (χ0) is 24.4. The fourth-order valence-electron chi connectivity index (χ4n) is 3.77. The Morgan fingerprint density at radius 3 is 2.85 bits per heavy atom. The van der Waals surface area contributed by atoms with Crippen LogP contribution in [0.4, 0.5) is 0 Å². The van der Waals surface area contributed by atoms with Crippen molar-refractivity contribution in [3.63, 3.8) is 0 Å². The van der Waals surface area contributed by atoms with Gasteiger partial charge in [0, 0.05) is 39.4 Å². The molecule has 1 fully saturated rings. The Morgan fingerprint density at radius 2 is 2.12 bits per heavy atom. The third-order valence-corrected chi connectivity index (χ3v) is 8.42. The van der Waals surface area contributed by atoms with E-state index < -0.39 is 23.3 Å². The van der Waals surface area contributed by atoms with Gasteiger partial charge in [-0.15, -0.1) is 23.5 Å². The van der Waals surface area contributed by atoms with Crippen molar-refractivity contribution < 1.29 is 24.1 Å². The van der Waals surface area contributed by atoms with Gasteiger partial charge in [0.05, 0.1) is 10.8 Å². The summed E-state index contributed by atoms with van der Waals surface area (Å²) in [7, 11) is 0. The number of halogens is 2. The van der Waals surface area contributed by atoms with E-state index in [2.05, 4.69) is 5.32 Å². The second-order valence-corrected chi connectivity index (χ2v) is 10.6. The number of carboxylic acids is 1. The number of aliphatic carboxylic acids is 1. The highest BCUT2D eigenvalue weighted by molar-refractivity contribution is 8.00. The lowest BCUT2D eigenvalue weighted by Gasteiger charge is -2.49. The van der Waals surface area contributed by atoms with Gasteiger partial charge >= 0.3 is 5.97 Å². The molecule has 2 aromatic rings. The molecule has 2 aliphatic heterocycles. The minimum Gasteiger partial charge on any atom is -0.477 e. The lowest BCUT2D eigenvalue weighted by atomic mass is 10.0. The monoisotopic (exact) mass is 539 g/mol. The molecule has 4 rings (SSSR count). The van der Waals surface area contributed by atoms with Crippen LogP contribution in [0.5, 0.6) is 0 Å². The summed E-state index contributed by atoms with van der Waals surface area (Å²) in [6.45, 7) is 0.698. The third kappa shape index (κ3) is 5.21. The van der Waals surface area contributed by atoms with Crippen LogP contribution in [0, 0.1) is 0 Å². The van der Waals surface area contributed by atoms with Crippen LogP contribution in [0.2, 0.25) is 10.0 Å². The molecule has 0 bridgehead atoms. The molecule has 1 aromatic carbocycles. The molecule has 12 heteroatoms. The van der Waals surface area contributed by atoms with Gasteiger partial charge in [-0.25, -0.2) is 9.36 Å². The summed E-state index contributed by atoms with van der Waals surface area (Å²) in [5.74, 6) is -1.48. The molecule has 0 spiro atoms. The number of nitrogens with two attached hydrogens (primary N) is 1. The van der Waals surface area contributed by atoms with Crippen LogP contribution < -0.4 is 15.6 Å². The molecule has 0 saturated carbocycles. The van der Waals surface area contributed by atoms with Gasteiger partial charge in [0.15, 0.2) is 18.9 Å². The number of rotatable bonds is 8. The van der Waals surface area contributed by atoms with Crippen molar-refractivity contribution in [2.45, 2.75) is 29.4 Å². The predicted molar refractivity (Wildman–Crippen MR) is 131 cm³/mol. The molecule has 0 aliphatic carbocycles. The number of thioether (sulfide) groups is 2. The molecule has 2 atom stereocenters. The van der Waals surface area contributed by atoms with E-state index in [0.717, 1.165) is 5.56 Å². The van der Waals surface area contributed by atoms with E-state index in [0.29, 0.717) is 39.4 Å². The first kappa shape index (κ1) is 24.9. The number of hydrogen-bond donors (Lipinski definition) is 3.